The zero-order valence-corrected chi connectivity index (χ0v) is 18.5. The quantitative estimate of drug-likeness (QED) is 0.645. The van der Waals surface area contributed by atoms with Gasteiger partial charge in [0, 0.05) is 19.2 Å². The number of hydrogen-bond acceptors (Lipinski definition) is 6. The van der Waals surface area contributed by atoms with Gasteiger partial charge in [-0.05, 0) is 30.7 Å². The van der Waals surface area contributed by atoms with Gasteiger partial charge in [-0.1, -0.05) is 30.3 Å². The van der Waals surface area contributed by atoms with Crippen LogP contribution in [-0.4, -0.2) is 57.9 Å². The van der Waals surface area contributed by atoms with Crippen LogP contribution < -0.4 is 4.74 Å². The van der Waals surface area contributed by atoms with Crippen LogP contribution in [0.3, 0.4) is 0 Å². The zero-order chi connectivity index (χ0) is 22.2. The highest BCUT2D eigenvalue weighted by Gasteiger charge is 2.62. The molecule has 168 valence electrons. The van der Waals surface area contributed by atoms with Crippen LogP contribution in [0.4, 0.5) is 4.39 Å². The van der Waals surface area contributed by atoms with E-state index in [2.05, 4.69) is 0 Å². The molecule has 0 amide bonds. The molecule has 2 saturated heterocycles. The van der Waals surface area contributed by atoms with Crippen LogP contribution >= 0.6 is 0 Å². The third-order valence-electron chi connectivity index (χ3n) is 5.97. The van der Waals surface area contributed by atoms with E-state index < -0.39 is 39.1 Å². The van der Waals surface area contributed by atoms with E-state index in [1.165, 1.54) is 17.4 Å². The maximum Gasteiger partial charge on any atom is 0.220 e. The molecule has 4 rings (SSSR count). The standard InChI is InChI=1S/C22H26FNO6S/c1-15-29-21(30-15)22(18-6-4-5-7-19(18)23)14-28-13-20(22)31(25,26)24(2)12-16-8-10-17(27-3)11-9-16/h4-11,15,20-21H,12-14H2,1-3H3. The Kier molecular flexibility index (Phi) is 6.06. The van der Waals surface area contributed by atoms with Crippen molar-refractivity contribution in [2.24, 2.45) is 0 Å². The van der Waals surface area contributed by atoms with Crippen molar-refractivity contribution >= 4 is 10.0 Å². The number of ether oxygens (including phenoxy) is 4. The van der Waals surface area contributed by atoms with Crippen molar-refractivity contribution in [1.82, 2.24) is 4.31 Å². The highest BCUT2D eigenvalue weighted by Crippen LogP contribution is 2.47. The number of hydrogen-bond donors (Lipinski definition) is 0. The van der Waals surface area contributed by atoms with E-state index >= 15 is 0 Å². The molecule has 9 heteroatoms. The van der Waals surface area contributed by atoms with Gasteiger partial charge in [-0.2, -0.15) is 0 Å². The summed E-state index contributed by atoms with van der Waals surface area (Å²) in [4.78, 5) is 0. The maximum atomic E-state index is 14.9. The number of methoxy groups -OCH3 is 1. The van der Waals surface area contributed by atoms with Gasteiger partial charge in [0.05, 0.1) is 25.7 Å². The summed E-state index contributed by atoms with van der Waals surface area (Å²) in [7, 11) is -0.835. The lowest BCUT2D eigenvalue weighted by Crippen LogP contribution is -2.62. The Hall–Kier alpha value is -2.04. The smallest absolute Gasteiger partial charge is 0.220 e. The largest absolute Gasteiger partial charge is 0.497 e. The minimum atomic E-state index is -3.91. The molecule has 2 fully saturated rings. The van der Waals surface area contributed by atoms with Gasteiger partial charge in [-0.3, -0.25) is 0 Å². The molecule has 0 radical (unpaired) electrons. The van der Waals surface area contributed by atoms with Crippen LogP contribution in [0, 0.1) is 5.82 Å². The third kappa shape index (κ3) is 3.85. The molecule has 2 atom stereocenters. The van der Waals surface area contributed by atoms with Gasteiger partial charge in [-0.25, -0.2) is 17.1 Å². The number of nitrogens with zero attached hydrogens (tertiary/aromatic N) is 1. The number of benzene rings is 2. The Morgan fingerprint density at radius 2 is 1.84 bits per heavy atom. The second-order valence-corrected chi connectivity index (χ2v) is 10.1. The molecule has 2 aromatic rings. The molecule has 31 heavy (non-hydrogen) atoms. The second-order valence-electron chi connectivity index (χ2n) is 7.84. The molecule has 0 spiro atoms. The van der Waals surface area contributed by atoms with E-state index in [-0.39, 0.29) is 25.3 Å². The summed E-state index contributed by atoms with van der Waals surface area (Å²) in [5, 5.41) is -1.07. The summed E-state index contributed by atoms with van der Waals surface area (Å²) in [6.45, 7) is 1.76. The Morgan fingerprint density at radius 3 is 2.45 bits per heavy atom. The second kappa shape index (κ2) is 8.48. The van der Waals surface area contributed by atoms with E-state index in [1.54, 1.807) is 56.5 Å². The van der Waals surface area contributed by atoms with E-state index in [4.69, 9.17) is 18.9 Å². The molecular weight excluding hydrogens is 425 g/mol. The zero-order valence-electron chi connectivity index (χ0n) is 17.7. The van der Waals surface area contributed by atoms with Gasteiger partial charge in [0.1, 0.15) is 16.8 Å². The van der Waals surface area contributed by atoms with Crippen LogP contribution in [0.2, 0.25) is 0 Å². The normalized spacial score (nSPS) is 28.5. The lowest BCUT2D eigenvalue weighted by Gasteiger charge is -2.47. The van der Waals surface area contributed by atoms with Gasteiger partial charge < -0.3 is 18.9 Å². The number of rotatable bonds is 7. The van der Waals surface area contributed by atoms with Crippen molar-refractivity contribution in [3.8, 4) is 5.75 Å². The van der Waals surface area contributed by atoms with E-state index in [0.717, 1.165) is 5.56 Å². The first-order chi connectivity index (χ1) is 14.8. The van der Waals surface area contributed by atoms with Gasteiger partial charge in [0.15, 0.2) is 12.6 Å². The molecule has 7 nitrogen and oxygen atoms in total. The third-order valence-corrected chi connectivity index (χ3v) is 8.24. The molecule has 0 saturated carbocycles. The Morgan fingerprint density at radius 1 is 1.16 bits per heavy atom. The molecule has 0 aliphatic carbocycles. The topological polar surface area (TPSA) is 74.3 Å². The molecular formula is C22H26FNO6S. The van der Waals surface area contributed by atoms with Gasteiger partial charge in [-0.15, -0.1) is 0 Å². The van der Waals surface area contributed by atoms with E-state index in [0.29, 0.717) is 5.75 Å². The van der Waals surface area contributed by atoms with Crippen molar-refractivity contribution < 1.29 is 31.8 Å². The Balaban J connectivity index is 1.68. The SMILES string of the molecule is COc1ccc(CN(C)S(=O)(=O)C2COCC2(c2ccccc2F)C2OC(C)O2)cc1. The molecule has 0 aromatic heterocycles. The number of halogens is 1. The fourth-order valence-corrected chi connectivity index (χ4v) is 6.13. The summed E-state index contributed by atoms with van der Waals surface area (Å²) in [6.07, 6.45) is -1.41. The highest BCUT2D eigenvalue weighted by atomic mass is 32.2. The maximum absolute atomic E-state index is 14.9. The summed E-state index contributed by atoms with van der Waals surface area (Å²) >= 11 is 0. The van der Waals surface area contributed by atoms with Crippen LogP contribution in [0.15, 0.2) is 48.5 Å². The molecule has 2 heterocycles. The van der Waals surface area contributed by atoms with Crippen molar-refractivity contribution in [2.75, 3.05) is 27.4 Å². The summed E-state index contributed by atoms with van der Waals surface area (Å²) in [5.74, 6) is 0.170. The van der Waals surface area contributed by atoms with E-state index in [1.807, 2.05) is 0 Å². The number of sulfonamides is 1. The van der Waals surface area contributed by atoms with E-state index in [9.17, 15) is 12.8 Å². The lowest BCUT2D eigenvalue weighted by atomic mass is 9.77. The average molecular weight is 452 g/mol. The van der Waals surface area contributed by atoms with Crippen LogP contribution in [0.5, 0.6) is 5.75 Å². The minimum Gasteiger partial charge on any atom is -0.497 e. The van der Waals surface area contributed by atoms with Gasteiger partial charge in [0.2, 0.25) is 10.0 Å². The fraction of sp³-hybridized carbons (Fsp3) is 0.455. The molecule has 2 aromatic carbocycles. The van der Waals surface area contributed by atoms with Crippen LogP contribution in [-0.2, 0) is 36.2 Å². The minimum absolute atomic E-state index is 0.0222. The summed E-state index contributed by atoms with van der Waals surface area (Å²) in [6, 6.07) is 13.3. The monoisotopic (exact) mass is 451 g/mol. The Labute approximate surface area is 181 Å². The first kappa shape index (κ1) is 22.2. The first-order valence-electron chi connectivity index (χ1n) is 10.0. The lowest BCUT2D eigenvalue weighted by molar-refractivity contribution is -0.397. The summed E-state index contributed by atoms with van der Waals surface area (Å²) in [5.41, 5.74) is -0.298. The predicted molar refractivity (Wildman–Crippen MR) is 111 cm³/mol. The molecule has 2 aliphatic rings. The van der Waals surface area contributed by atoms with Gasteiger partial charge in [0.25, 0.3) is 0 Å². The molecule has 0 bridgehead atoms. The van der Waals surface area contributed by atoms with Crippen LogP contribution in [0.1, 0.15) is 18.1 Å². The van der Waals surface area contributed by atoms with Crippen LogP contribution in [0.25, 0.3) is 0 Å². The molecule has 0 N–H and O–H groups in total. The first-order valence-corrected chi connectivity index (χ1v) is 11.5. The average Bonchev–Trinajstić information content (AvgIpc) is 3.18. The molecule has 2 unspecified atom stereocenters. The molecule has 2 aliphatic heterocycles. The van der Waals surface area contributed by atoms with Crippen molar-refractivity contribution in [1.29, 1.82) is 0 Å². The van der Waals surface area contributed by atoms with Crippen molar-refractivity contribution in [3.05, 3.63) is 65.5 Å². The highest BCUT2D eigenvalue weighted by molar-refractivity contribution is 7.89. The van der Waals surface area contributed by atoms with Crippen molar-refractivity contribution in [3.63, 3.8) is 0 Å². The summed E-state index contributed by atoms with van der Waals surface area (Å²) < 4.78 is 65.7. The van der Waals surface area contributed by atoms with Gasteiger partial charge >= 0.3 is 0 Å². The Bertz CT molecular complexity index is 1020. The van der Waals surface area contributed by atoms with Crippen molar-refractivity contribution in [2.45, 2.75) is 36.7 Å². The fourth-order valence-electron chi connectivity index (χ4n) is 4.26. The predicted octanol–water partition coefficient (Wildman–Crippen LogP) is 2.65.